The van der Waals surface area contributed by atoms with E-state index in [1.165, 1.54) is 0 Å². The third-order valence-electron chi connectivity index (χ3n) is 3.72. The van der Waals surface area contributed by atoms with E-state index in [0.717, 1.165) is 29.7 Å². The number of hydrogen-bond acceptors (Lipinski definition) is 2. The number of likely N-dealkylation sites (tertiary alicyclic amines) is 1. The van der Waals surface area contributed by atoms with Crippen LogP contribution in [0.5, 0.6) is 0 Å². The standard InChI is InChI=1S/C17H25N3O2/c1-11(2)18-16(21)15-6-5-7-20(15)17(22)19-14-9-12(3)8-13(4)10-14/h8-11,15H,5-7H2,1-4H3,(H,18,21)(H,19,22)/t15-/m1/s1. The molecule has 3 amide bonds. The van der Waals surface area contributed by atoms with Crippen molar-refractivity contribution in [3.63, 3.8) is 0 Å². The highest BCUT2D eigenvalue weighted by Crippen LogP contribution is 2.20. The fourth-order valence-electron chi connectivity index (χ4n) is 2.91. The SMILES string of the molecule is Cc1cc(C)cc(NC(=O)N2CCC[C@@H]2C(=O)NC(C)C)c1. The normalized spacial score (nSPS) is 17.7. The van der Waals surface area contributed by atoms with Crippen molar-refractivity contribution in [2.24, 2.45) is 0 Å². The van der Waals surface area contributed by atoms with E-state index in [0.29, 0.717) is 6.54 Å². The fourth-order valence-corrected chi connectivity index (χ4v) is 2.91. The van der Waals surface area contributed by atoms with Gasteiger partial charge in [-0.15, -0.1) is 0 Å². The van der Waals surface area contributed by atoms with Gasteiger partial charge < -0.3 is 15.5 Å². The second-order valence-electron chi connectivity index (χ2n) is 6.32. The molecule has 1 aliphatic rings. The number of urea groups is 1. The van der Waals surface area contributed by atoms with Crippen molar-refractivity contribution >= 4 is 17.6 Å². The Labute approximate surface area is 132 Å². The maximum Gasteiger partial charge on any atom is 0.322 e. The number of carbonyl (C=O) groups excluding carboxylic acids is 2. The van der Waals surface area contributed by atoms with Gasteiger partial charge in [0.1, 0.15) is 6.04 Å². The molecular weight excluding hydrogens is 278 g/mol. The molecule has 0 radical (unpaired) electrons. The lowest BCUT2D eigenvalue weighted by atomic mass is 10.1. The summed E-state index contributed by atoms with van der Waals surface area (Å²) in [4.78, 5) is 26.3. The Balaban J connectivity index is 2.06. The van der Waals surface area contributed by atoms with Crippen LogP contribution in [0.4, 0.5) is 10.5 Å². The van der Waals surface area contributed by atoms with Crippen molar-refractivity contribution in [1.29, 1.82) is 0 Å². The summed E-state index contributed by atoms with van der Waals surface area (Å²) in [5, 5.41) is 5.80. The number of nitrogens with one attached hydrogen (secondary N) is 2. The molecule has 1 aliphatic heterocycles. The Hall–Kier alpha value is -2.04. The van der Waals surface area contributed by atoms with Gasteiger partial charge in [-0.1, -0.05) is 6.07 Å². The molecule has 1 heterocycles. The van der Waals surface area contributed by atoms with E-state index < -0.39 is 0 Å². The molecule has 1 atom stereocenters. The second kappa shape index (κ2) is 6.81. The number of hydrogen-bond donors (Lipinski definition) is 2. The molecule has 2 rings (SSSR count). The number of anilines is 1. The van der Waals surface area contributed by atoms with Gasteiger partial charge >= 0.3 is 6.03 Å². The number of nitrogens with zero attached hydrogens (tertiary/aromatic N) is 1. The first-order valence-corrected chi connectivity index (χ1v) is 7.83. The molecule has 0 bridgehead atoms. The van der Waals surface area contributed by atoms with E-state index in [1.54, 1.807) is 4.90 Å². The van der Waals surface area contributed by atoms with Gasteiger partial charge in [-0.25, -0.2) is 4.79 Å². The van der Waals surface area contributed by atoms with Gasteiger partial charge in [0, 0.05) is 18.3 Å². The second-order valence-corrected chi connectivity index (χ2v) is 6.32. The summed E-state index contributed by atoms with van der Waals surface area (Å²) in [7, 11) is 0. The molecular formula is C17H25N3O2. The van der Waals surface area contributed by atoms with Crippen LogP contribution >= 0.6 is 0 Å². The van der Waals surface area contributed by atoms with Crippen LogP contribution in [-0.4, -0.2) is 35.5 Å². The molecule has 1 aromatic rings. The largest absolute Gasteiger partial charge is 0.352 e. The van der Waals surface area contributed by atoms with Crippen LogP contribution in [0.25, 0.3) is 0 Å². The molecule has 0 saturated carbocycles. The Morgan fingerprint density at radius 1 is 1.18 bits per heavy atom. The van der Waals surface area contributed by atoms with Gasteiger partial charge in [-0.3, -0.25) is 4.79 Å². The van der Waals surface area contributed by atoms with Crippen molar-refractivity contribution in [3.8, 4) is 0 Å². The number of carbonyl (C=O) groups is 2. The van der Waals surface area contributed by atoms with E-state index in [9.17, 15) is 9.59 Å². The first-order chi connectivity index (χ1) is 10.4. The third kappa shape index (κ3) is 4.00. The summed E-state index contributed by atoms with van der Waals surface area (Å²) in [6.45, 7) is 8.46. The van der Waals surface area contributed by atoms with Gasteiger partial charge in [0.25, 0.3) is 0 Å². The zero-order chi connectivity index (χ0) is 16.3. The molecule has 120 valence electrons. The lowest BCUT2D eigenvalue weighted by Crippen LogP contribution is -2.48. The number of amides is 3. The van der Waals surface area contributed by atoms with Crippen molar-refractivity contribution in [2.75, 3.05) is 11.9 Å². The zero-order valence-electron chi connectivity index (χ0n) is 13.8. The van der Waals surface area contributed by atoms with Crippen LogP contribution in [0.1, 0.15) is 37.8 Å². The number of aryl methyl sites for hydroxylation is 2. The molecule has 1 saturated heterocycles. The van der Waals surface area contributed by atoms with Crippen molar-refractivity contribution in [1.82, 2.24) is 10.2 Å². The van der Waals surface area contributed by atoms with E-state index in [1.807, 2.05) is 39.8 Å². The van der Waals surface area contributed by atoms with Crippen molar-refractivity contribution < 1.29 is 9.59 Å². The average molecular weight is 303 g/mol. The molecule has 5 heteroatoms. The third-order valence-corrected chi connectivity index (χ3v) is 3.72. The predicted molar refractivity (Wildman–Crippen MR) is 87.9 cm³/mol. The minimum absolute atomic E-state index is 0.0666. The van der Waals surface area contributed by atoms with Crippen molar-refractivity contribution in [3.05, 3.63) is 29.3 Å². The maximum atomic E-state index is 12.5. The minimum Gasteiger partial charge on any atom is -0.352 e. The maximum absolute atomic E-state index is 12.5. The van der Waals surface area contributed by atoms with Crippen LogP contribution in [0.15, 0.2) is 18.2 Å². The Bertz CT molecular complexity index is 549. The molecule has 22 heavy (non-hydrogen) atoms. The molecule has 0 spiro atoms. The van der Waals surface area contributed by atoms with E-state index in [-0.39, 0.29) is 24.0 Å². The summed E-state index contributed by atoms with van der Waals surface area (Å²) in [5.41, 5.74) is 2.98. The Morgan fingerprint density at radius 2 is 1.82 bits per heavy atom. The summed E-state index contributed by atoms with van der Waals surface area (Å²) < 4.78 is 0. The number of benzene rings is 1. The Morgan fingerprint density at radius 3 is 2.41 bits per heavy atom. The highest BCUT2D eigenvalue weighted by Gasteiger charge is 2.34. The molecule has 0 unspecified atom stereocenters. The molecule has 0 aromatic heterocycles. The zero-order valence-corrected chi connectivity index (χ0v) is 13.8. The van der Waals surface area contributed by atoms with Gasteiger partial charge in [-0.05, 0) is 63.8 Å². The van der Waals surface area contributed by atoms with E-state index >= 15 is 0 Å². The Kier molecular flexibility index (Phi) is 5.06. The summed E-state index contributed by atoms with van der Waals surface area (Å²) in [6, 6.07) is 5.44. The van der Waals surface area contributed by atoms with Crippen LogP contribution in [0.2, 0.25) is 0 Å². The fraction of sp³-hybridized carbons (Fsp3) is 0.529. The van der Waals surface area contributed by atoms with Gasteiger partial charge in [0.2, 0.25) is 5.91 Å². The first kappa shape index (κ1) is 16.3. The van der Waals surface area contributed by atoms with Crippen LogP contribution in [0.3, 0.4) is 0 Å². The summed E-state index contributed by atoms with van der Waals surface area (Å²) >= 11 is 0. The van der Waals surface area contributed by atoms with E-state index in [2.05, 4.69) is 16.7 Å². The average Bonchev–Trinajstić information content (AvgIpc) is 2.85. The lowest BCUT2D eigenvalue weighted by molar-refractivity contribution is -0.125. The molecule has 2 N–H and O–H groups in total. The molecule has 1 aromatic carbocycles. The van der Waals surface area contributed by atoms with E-state index in [4.69, 9.17) is 0 Å². The highest BCUT2D eigenvalue weighted by atomic mass is 16.2. The minimum atomic E-state index is -0.367. The van der Waals surface area contributed by atoms with Crippen molar-refractivity contribution in [2.45, 2.75) is 52.6 Å². The topological polar surface area (TPSA) is 61.4 Å². The summed E-state index contributed by atoms with van der Waals surface area (Å²) in [6.07, 6.45) is 1.58. The monoisotopic (exact) mass is 303 g/mol. The van der Waals surface area contributed by atoms with Crippen LogP contribution in [-0.2, 0) is 4.79 Å². The van der Waals surface area contributed by atoms with Crippen LogP contribution in [0, 0.1) is 13.8 Å². The first-order valence-electron chi connectivity index (χ1n) is 7.83. The van der Waals surface area contributed by atoms with Crippen LogP contribution < -0.4 is 10.6 Å². The quantitative estimate of drug-likeness (QED) is 0.902. The van der Waals surface area contributed by atoms with Gasteiger partial charge in [0.15, 0.2) is 0 Å². The highest BCUT2D eigenvalue weighted by molar-refractivity contribution is 5.94. The summed E-state index contributed by atoms with van der Waals surface area (Å²) in [5.74, 6) is -0.0666. The predicted octanol–water partition coefficient (Wildman–Crippen LogP) is 2.82. The number of rotatable bonds is 3. The molecule has 5 nitrogen and oxygen atoms in total. The molecule has 0 aliphatic carbocycles. The lowest BCUT2D eigenvalue weighted by Gasteiger charge is -2.25. The van der Waals surface area contributed by atoms with Gasteiger partial charge in [0.05, 0.1) is 0 Å². The smallest absolute Gasteiger partial charge is 0.322 e. The van der Waals surface area contributed by atoms with Gasteiger partial charge in [-0.2, -0.15) is 0 Å². The molecule has 1 fully saturated rings.